The van der Waals surface area contributed by atoms with E-state index in [1.807, 2.05) is 55.7 Å². The van der Waals surface area contributed by atoms with E-state index in [9.17, 15) is 9.59 Å². The maximum Gasteiger partial charge on any atom is 0.412 e. The summed E-state index contributed by atoms with van der Waals surface area (Å²) in [6.07, 6.45) is 1.47. The van der Waals surface area contributed by atoms with Gasteiger partial charge < -0.3 is 19.9 Å². The molecule has 0 radical (unpaired) electrons. The van der Waals surface area contributed by atoms with Crippen molar-refractivity contribution < 1.29 is 14.3 Å². The Labute approximate surface area is 243 Å². The van der Waals surface area contributed by atoms with Gasteiger partial charge in [0.1, 0.15) is 11.4 Å². The Morgan fingerprint density at radius 1 is 0.854 bits per heavy atom. The molecule has 0 spiro atoms. The van der Waals surface area contributed by atoms with Crippen molar-refractivity contribution in [1.29, 1.82) is 0 Å². The van der Waals surface area contributed by atoms with Crippen molar-refractivity contribution in [3.63, 3.8) is 0 Å². The zero-order valence-corrected chi connectivity index (χ0v) is 23.9. The average molecular weight is 568 g/mol. The van der Waals surface area contributed by atoms with Gasteiger partial charge in [0.05, 0.1) is 10.7 Å². The molecule has 3 N–H and O–H groups in total. The Morgan fingerprint density at radius 2 is 1.59 bits per heavy atom. The lowest BCUT2D eigenvalue weighted by molar-refractivity contribution is 0.0635. The van der Waals surface area contributed by atoms with E-state index in [0.717, 1.165) is 22.2 Å². The third-order valence-corrected chi connectivity index (χ3v) is 6.49. The summed E-state index contributed by atoms with van der Waals surface area (Å²) in [6.45, 7) is 5.38. The summed E-state index contributed by atoms with van der Waals surface area (Å²) < 4.78 is 7.31. The number of hydrogen-bond acceptors (Lipinski definition) is 5. The van der Waals surface area contributed by atoms with Gasteiger partial charge >= 0.3 is 6.09 Å². The number of ether oxygens (including phenoxy) is 1. The standard InChI is InChI=1S/C32H30ClN5O3/c1-32(2,3)41-31(40)36-21-14-12-20(13-15-21)30(39)35-23-9-7-8-22(18-23)34-28-17-16-26(33)29(37-28)25-19-38(4)27-11-6-5-10-24(25)27/h5-19H,1-4H3,(H,34,37)(H,35,39)(H,36,40). The Kier molecular flexibility index (Phi) is 7.68. The van der Waals surface area contributed by atoms with Crippen LogP contribution >= 0.6 is 11.6 Å². The van der Waals surface area contributed by atoms with E-state index in [2.05, 4.69) is 32.7 Å². The quantitative estimate of drug-likeness (QED) is 0.192. The van der Waals surface area contributed by atoms with Gasteiger partial charge in [0.2, 0.25) is 0 Å². The van der Waals surface area contributed by atoms with Crippen LogP contribution in [-0.2, 0) is 11.8 Å². The molecule has 5 rings (SSSR count). The van der Waals surface area contributed by atoms with Crippen molar-refractivity contribution in [1.82, 2.24) is 9.55 Å². The molecular formula is C32H30ClN5O3. The topological polar surface area (TPSA) is 97.3 Å². The molecule has 41 heavy (non-hydrogen) atoms. The van der Waals surface area contributed by atoms with Crippen LogP contribution in [0.2, 0.25) is 5.02 Å². The highest BCUT2D eigenvalue weighted by molar-refractivity contribution is 6.33. The van der Waals surface area contributed by atoms with Crippen molar-refractivity contribution in [3.8, 4) is 11.3 Å². The highest BCUT2D eigenvalue weighted by Crippen LogP contribution is 2.34. The number of fused-ring (bicyclic) bond motifs is 1. The molecule has 0 bridgehead atoms. The first-order valence-electron chi connectivity index (χ1n) is 13.1. The van der Waals surface area contributed by atoms with E-state index < -0.39 is 11.7 Å². The number of carbonyl (C=O) groups is 2. The molecule has 5 aromatic rings. The van der Waals surface area contributed by atoms with Crippen LogP contribution in [-0.4, -0.2) is 27.2 Å². The Morgan fingerprint density at radius 3 is 2.34 bits per heavy atom. The molecule has 0 aliphatic heterocycles. The van der Waals surface area contributed by atoms with E-state index in [1.54, 1.807) is 51.1 Å². The van der Waals surface area contributed by atoms with Gasteiger partial charge in [-0.2, -0.15) is 0 Å². The summed E-state index contributed by atoms with van der Waals surface area (Å²) in [4.78, 5) is 29.7. The molecule has 8 nitrogen and oxygen atoms in total. The van der Waals surface area contributed by atoms with Gasteiger partial charge in [0.25, 0.3) is 5.91 Å². The molecule has 0 aliphatic carbocycles. The summed E-state index contributed by atoms with van der Waals surface area (Å²) in [5.41, 5.74) is 4.45. The average Bonchev–Trinajstić information content (AvgIpc) is 3.25. The van der Waals surface area contributed by atoms with Crippen LogP contribution in [0.5, 0.6) is 0 Å². The molecule has 2 amide bonds. The van der Waals surface area contributed by atoms with E-state index in [0.29, 0.717) is 33.5 Å². The molecule has 0 unspecified atom stereocenters. The minimum Gasteiger partial charge on any atom is -0.444 e. The summed E-state index contributed by atoms with van der Waals surface area (Å²) >= 11 is 6.57. The molecular weight excluding hydrogens is 538 g/mol. The molecule has 2 heterocycles. The molecule has 3 aromatic carbocycles. The molecule has 2 aromatic heterocycles. The molecule has 9 heteroatoms. The van der Waals surface area contributed by atoms with Crippen molar-refractivity contribution in [2.45, 2.75) is 26.4 Å². The lowest BCUT2D eigenvalue weighted by atomic mass is 10.1. The van der Waals surface area contributed by atoms with Crippen LogP contribution in [0.1, 0.15) is 31.1 Å². The third kappa shape index (κ3) is 6.67. The number of benzene rings is 3. The number of hydrogen-bond donors (Lipinski definition) is 3. The largest absolute Gasteiger partial charge is 0.444 e. The number of pyridine rings is 1. The summed E-state index contributed by atoms with van der Waals surface area (Å²) in [6, 6.07) is 25.7. The Bertz CT molecular complexity index is 1740. The SMILES string of the molecule is Cn1cc(-c2nc(Nc3cccc(NC(=O)c4ccc(NC(=O)OC(C)(C)C)cc4)c3)ccc2Cl)c2ccccc21. The van der Waals surface area contributed by atoms with Crippen LogP contribution in [0.25, 0.3) is 22.2 Å². The lowest BCUT2D eigenvalue weighted by Crippen LogP contribution is -2.27. The van der Waals surface area contributed by atoms with Crippen LogP contribution in [0, 0.1) is 0 Å². The minimum atomic E-state index is -0.601. The first-order chi connectivity index (χ1) is 19.6. The summed E-state index contributed by atoms with van der Waals surface area (Å²) in [7, 11) is 2.00. The van der Waals surface area contributed by atoms with Crippen LogP contribution in [0.4, 0.5) is 27.7 Å². The van der Waals surface area contributed by atoms with Gasteiger partial charge in [0, 0.05) is 52.3 Å². The highest BCUT2D eigenvalue weighted by Gasteiger charge is 2.17. The smallest absolute Gasteiger partial charge is 0.412 e. The fourth-order valence-electron chi connectivity index (χ4n) is 4.38. The first-order valence-corrected chi connectivity index (χ1v) is 13.4. The fraction of sp³-hybridized carbons (Fsp3) is 0.156. The number of amides is 2. The normalized spacial score (nSPS) is 11.2. The number of rotatable bonds is 6. The summed E-state index contributed by atoms with van der Waals surface area (Å²) in [5.74, 6) is 0.336. The van der Waals surface area contributed by atoms with E-state index in [-0.39, 0.29) is 5.91 Å². The molecule has 0 saturated heterocycles. The van der Waals surface area contributed by atoms with Crippen molar-refractivity contribution in [2.24, 2.45) is 7.05 Å². The molecule has 0 fully saturated rings. The fourth-order valence-corrected chi connectivity index (χ4v) is 4.59. The van der Waals surface area contributed by atoms with E-state index >= 15 is 0 Å². The zero-order valence-electron chi connectivity index (χ0n) is 23.2. The first kappa shape index (κ1) is 27.7. The van der Waals surface area contributed by atoms with E-state index in [4.69, 9.17) is 21.3 Å². The van der Waals surface area contributed by atoms with Crippen LogP contribution < -0.4 is 16.0 Å². The maximum atomic E-state index is 12.9. The van der Waals surface area contributed by atoms with Gasteiger partial charge in [-0.1, -0.05) is 35.9 Å². The minimum absolute atomic E-state index is 0.283. The molecule has 0 saturated carbocycles. The summed E-state index contributed by atoms with van der Waals surface area (Å²) in [5, 5.41) is 10.5. The predicted octanol–water partition coefficient (Wildman–Crippen LogP) is 8.24. The number of carbonyl (C=O) groups excluding carboxylic acids is 2. The van der Waals surface area contributed by atoms with Crippen molar-refractivity contribution >= 4 is 57.4 Å². The molecule has 0 aliphatic rings. The number of nitrogens with one attached hydrogen (secondary N) is 3. The van der Waals surface area contributed by atoms with Crippen molar-refractivity contribution in [3.05, 3.63) is 102 Å². The van der Waals surface area contributed by atoms with Crippen LogP contribution in [0.3, 0.4) is 0 Å². The van der Waals surface area contributed by atoms with Crippen LogP contribution in [0.15, 0.2) is 91.1 Å². The highest BCUT2D eigenvalue weighted by atomic mass is 35.5. The Balaban J connectivity index is 1.28. The van der Waals surface area contributed by atoms with Gasteiger partial charge in [0.15, 0.2) is 0 Å². The third-order valence-electron chi connectivity index (χ3n) is 6.18. The molecule has 0 atom stereocenters. The number of anilines is 4. The van der Waals surface area contributed by atoms with E-state index in [1.165, 1.54) is 0 Å². The predicted molar refractivity (Wildman–Crippen MR) is 165 cm³/mol. The van der Waals surface area contributed by atoms with Gasteiger partial charge in [-0.05, 0) is 81.4 Å². The van der Waals surface area contributed by atoms with Crippen molar-refractivity contribution in [2.75, 3.05) is 16.0 Å². The zero-order chi connectivity index (χ0) is 29.1. The second-order valence-electron chi connectivity index (χ2n) is 10.6. The van der Waals surface area contributed by atoms with Gasteiger partial charge in [-0.15, -0.1) is 0 Å². The monoisotopic (exact) mass is 567 g/mol. The van der Waals surface area contributed by atoms with Gasteiger partial charge in [-0.3, -0.25) is 10.1 Å². The molecule has 208 valence electrons. The number of aromatic nitrogens is 2. The number of aryl methyl sites for hydroxylation is 1. The second-order valence-corrected chi connectivity index (χ2v) is 11.0. The lowest BCUT2D eigenvalue weighted by Gasteiger charge is -2.19. The second kappa shape index (κ2) is 11.3. The number of nitrogens with zero attached hydrogens (tertiary/aromatic N) is 2. The maximum absolute atomic E-state index is 12.9. The van der Waals surface area contributed by atoms with Gasteiger partial charge in [-0.25, -0.2) is 9.78 Å². The number of para-hydroxylation sites is 1. The Hall–Kier alpha value is -4.82. The number of halogens is 1.